The molecule has 0 radical (unpaired) electrons. The number of amides is 1. The molecule has 0 aliphatic carbocycles. The van der Waals surface area contributed by atoms with Gasteiger partial charge < -0.3 is 15.5 Å². The topological polar surface area (TPSA) is 92.5 Å². The summed E-state index contributed by atoms with van der Waals surface area (Å²) in [6, 6.07) is 3.26. The number of nitrogens with two attached hydrogens (primary N) is 1. The number of nitrogens with zero attached hydrogens (tertiary/aromatic N) is 2. The summed E-state index contributed by atoms with van der Waals surface area (Å²) in [5, 5.41) is 2.88. The van der Waals surface area contributed by atoms with E-state index in [0.717, 1.165) is 19.6 Å². The highest BCUT2D eigenvalue weighted by molar-refractivity contribution is 5.94. The molecular formula is C13H21N5O2. The highest BCUT2D eigenvalue weighted by Crippen LogP contribution is 2.07. The number of hydrazine groups is 1. The number of carbonyl (C=O) groups excluding carboxylic acids is 1. The summed E-state index contributed by atoms with van der Waals surface area (Å²) in [5.41, 5.74) is 2.94. The number of nitrogen functional groups attached to an aromatic ring is 1. The maximum atomic E-state index is 12.0. The van der Waals surface area contributed by atoms with Crippen LogP contribution in [0.15, 0.2) is 18.3 Å². The Morgan fingerprint density at radius 3 is 3.25 bits per heavy atom. The first-order valence-electron chi connectivity index (χ1n) is 6.77. The molecule has 0 saturated carbocycles. The third-order valence-electron chi connectivity index (χ3n) is 3.33. The first-order valence-corrected chi connectivity index (χ1v) is 6.77. The number of nitrogens with one attached hydrogen (secondary N) is 2. The minimum absolute atomic E-state index is 0.0431. The number of hydrogen-bond acceptors (Lipinski definition) is 6. The number of ether oxygens (including phenoxy) is 1. The maximum absolute atomic E-state index is 12.0. The smallest absolute Gasteiger partial charge is 0.251 e. The molecule has 1 aliphatic rings. The van der Waals surface area contributed by atoms with Crippen molar-refractivity contribution in [2.45, 2.75) is 13.0 Å². The van der Waals surface area contributed by atoms with Gasteiger partial charge in [-0.3, -0.25) is 9.69 Å². The molecule has 1 amide bonds. The van der Waals surface area contributed by atoms with Crippen molar-refractivity contribution in [3.8, 4) is 0 Å². The van der Waals surface area contributed by atoms with Crippen molar-refractivity contribution in [1.29, 1.82) is 0 Å². The van der Waals surface area contributed by atoms with Crippen LogP contribution in [0.4, 0.5) is 5.82 Å². The first-order chi connectivity index (χ1) is 9.72. The largest absolute Gasteiger partial charge is 0.374 e. The quantitative estimate of drug-likeness (QED) is 0.511. The van der Waals surface area contributed by atoms with Crippen molar-refractivity contribution in [2.75, 3.05) is 38.2 Å². The summed E-state index contributed by atoms with van der Waals surface area (Å²) in [5.74, 6) is 5.58. The Morgan fingerprint density at radius 2 is 2.50 bits per heavy atom. The van der Waals surface area contributed by atoms with Crippen molar-refractivity contribution in [2.24, 2.45) is 5.84 Å². The molecule has 1 fully saturated rings. The molecule has 2 heterocycles. The minimum Gasteiger partial charge on any atom is -0.374 e. The van der Waals surface area contributed by atoms with Crippen LogP contribution in [0.2, 0.25) is 0 Å². The van der Waals surface area contributed by atoms with Crippen LogP contribution in [0, 0.1) is 0 Å². The summed E-state index contributed by atoms with van der Waals surface area (Å²) < 4.78 is 5.64. The molecule has 7 heteroatoms. The van der Waals surface area contributed by atoms with E-state index < -0.39 is 0 Å². The predicted molar refractivity (Wildman–Crippen MR) is 76.2 cm³/mol. The minimum atomic E-state index is -0.152. The lowest BCUT2D eigenvalue weighted by Gasteiger charge is -2.32. The zero-order chi connectivity index (χ0) is 14.4. The summed E-state index contributed by atoms with van der Waals surface area (Å²) in [7, 11) is 0. The lowest BCUT2D eigenvalue weighted by atomic mass is 10.2. The molecule has 0 bridgehead atoms. The summed E-state index contributed by atoms with van der Waals surface area (Å²) in [6.45, 7) is 6.15. The van der Waals surface area contributed by atoms with E-state index in [0.29, 0.717) is 24.5 Å². The molecule has 0 spiro atoms. The van der Waals surface area contributed by atoms with E-state index in [1.165, 1.54) is 0 Å². The highest BCUT2D eigenvalue weighted by atomic mass is 16.5. The van der Waals surface area contributed by atoms with Crippen molar-refractivity contribution >= 4 is 11.7 Å². The standard InChI is InChI=1S/C13H21N5O2/c1-2-18-5-6-20-11(9-18)8-16-13(19)10-3-4-15-12(7-10)17-14/h3-4,7,11H,2,5-6,8-9,14H2,1H3,(H,15,17)(H,16,19). The van der Waals surface area contributed by atoms with Gasteiger partial charge >= 0.3 is 0 Å². The number of aromatic nitrogens is 1. The van der Waals surface area contributed by atoms with Crippen LogP contribution in [-0.2, 0) is 4.74 Å². The number of carbonyl (C=O) groups is 1. The first kappa shape index (κ1) is 14.7. The second kappa shape index (κ2) is 7.18. The van der Waals surface area contributed by atoms with Crippen molar-refractivity contribution in [3.63, 3.8) is 0 Å². The lowest BCUT2D eigenvalue weighted by molar-refractivity contribution is -0.0246. The zero-order valence-corrected chi connectivity index (χ0v) is 11.6. The van der Waals surface area contributed by atoms with Gasteiger partial charge in [0.25, 0.3) is 5.91 Å². The predicted octanol–water partition coefficient (Wildman–Crippen LogP) is -0.182. The monoisotopic (exact) mass is 279 g/mol. The van der Waals surface area contributed by atoms with Crippen LogP contribution < -0.4 is 16.6 Å². The molecule has 7 nitrogen and oxygen atoms in total. The Bertz CT molecular complexity index is 454. The molecule has 0 aromatic carbocycles. The van der Waals surface area contributed by atoms with Gasteiger partial charge in [-0.25, -0.2) is 10.8 Å². The van der Waals surface area contributed by atoms with Crippen molar-refractivity contribution < 1.29 is 9.53 Å². The second-order valence-electron chi connectivity index (χ2n) is 4.67. The van der Waals surface area contributed by atoms with E-state index in [9.17, 15) is 4.79 Å². The Hall–Kier alpha value is -1.70. The van der Waals surface area contributed by atoms with Gasteiger partial charge in [-0.05, 0) is 18.7 Å². The molecule has 1 aromatic rings. The van der Waals surface area contributed by atoms with Gasteiger partial charge in [0.15, 0.2) is 0 Å². The number of hydrogen-bond donors (Lipinski definition) is 3. The summed E-state index contributed by atoms with van der Waals surface area (Å²) in [6.07, 6.45) is 1.58. The van der Waals surface area contributed by atoms with E-state index in [4.69, 9.17) is 10.6 Å². The molecule has 20 heavy (non-hydrogen) atoms. The van der Waals surface area contributed by atoms with Crippen LogP contribution in [0.3, 0.4) is 0 Å². The molecule has 1 unspecified atom stereocenters. The molecule has 4 N–H and O–H groups in total. The normalized spacial score (nSPS) is 19.6. The zero-order valence-electron chi connectivity index (χ0n) is 11.6. The highest BCUT2D eigenvalue weighted by Gasteiger charge is 2.20. The van der Waals surface area contributed by atoms with Gasteiger partial charge in [0, 0.05) is 31.4 Å². The van der Waals surface area contributed by atoms with Crippen LogP contribution in [-0.4, -0.2) is 54.7 Å². The molecule has 1 aliphatic heterocycles. The van der Waals surface area contributed by atoms with Crippen LogP contribution in [0.1, 0.15) is 17.3 Å². The Morgan fingerprint density at radius 1 is 1.65 bits per heavy atom. The Balaban J connectivity index is 1.85. The van der Waals surface area contributed by atoms with Gasteiger partial charge in [-0.15, -0.1) is 0 Å². The fraction of sp³-hybridized carbons (Fsp3) is 0.538. The lowest BCUT2D eigenvalue weighted by Crippen LogP contribution is -2.47. The molecule has 1 saturated heterocycles. The number of likely N-dealkylation sites (N-methyl/N-ethyl adjacent to an activating group) is 1. The van der Waals surface area contributed by atoms with Crippen LogP contribution in [0.5, 0.6) is 0 Å². The second-order valence-corrected chi connectivity index (χ2v) is 4.67. The maximum Gasteiger partial charge on any atom is 0.251 e. The fourth-order valence-electron chi connectivity index (χ4n) is 2.15. The fourth-order valence-corrected chi connectivity index (χ4v) is 2.15. The molecule has 1 aromatic heterocycles. The van der Waals surface area contributed by atoms with Gasteiger partial charge in [0.05, 0.1) is 12.7 Å². The summed E-state index contributed by atoms with van der Waals surface area (Å²) >= 11 is 0. The van der Waals surface area contributed by atoms with Crippen LogP contribution in [0.25, 0.3) is 0 Å². The third kappa shape index (κ3) is 3.89. The molecule has 2 rings (SSSR count). The van der Waals surface area contributed by atoms with Gasteiger partial charge in [-0.2, -0.15) is 0 Å². The van der Waals surface area contributed by atoms with E-state index in [-0.39, 0.29) is 12.0 Å². The third-order valence-corrected chi connectivity index (χ3v) is 3.33. The van der Waals surface area contributed by atoms with Crippen molar-refractivity contribution in [3.05, 3.63) is 23.9 Å². The van der Waals surface area contributed by atoms with Gasteiger partial charge in [-0.1, -0.05) is 6.92 Å². The Labute approximate surface area is 118 Å². The number of pyridine rings is 1. The summed E-state index contributed by atoms with van der Waals surface area (Å²) in [4.78, 5) is 18.3. The number of morpholine rings is 1. The number of rotatable bonds is 5. The van der Waals surface area contributed by atoms with Crippen molar-refractivity contribution in [1.82, 2.24) is 15.2 Å². The molecule has 1 atom stereocenters. The van der Waals surface area contributed by atoms with Gasteiger partial charge in [0.1, 0.15) is 5.82 Å². The molecular weight excluding hydrogens is 258 g/mol. The van der Waals surface area contributed by atoms with E-state index in [1.54, 1.807) is 18.3 Å². The van der Waals surface area contributed by atoms with E-state index in [1.807, 2.05) is 0 Å². The van der Waals surface area contributed by atoms with Gasteiger partial charge in [0.2, 0.25) is 0 Å². The Kier molecular flexibility index (Phi) is 5.28. The average Bonchev–Trinajstić information content (AvgIpc) is 2.52. The van der Waals surface area contributed by atoms with E-state index >= 15 is 0 Å². The SMILES string of the molecule is CCN1CCOC(CNC(=O)c2ccnc(NN)c2)C1. The van der Waals surface area contributed by atoms with E-state index in [2.05, 4.69) is 27.6 Å². The van der Waals surface area contributed by atoms with Crippen LogP contribution >= 0.6 is 0 Å². The number of anilines is 1. The average molecular weight is 279 g/mol. The molecule has 110 valence electrons.